The van der Waals surface area contributed by atoms with Gasteiger partial charge in [-0.1, -0.05) is 39.0 Å². The topological polar surface area (TPSA) is 46.5 Å². The zero-order valence-electron chi connectivity index (χ0n) is 11.3. The molecule has 0 aromatic heterocycles. The van der Waals surface area contributed by atoms with E-state index in [2.05, 4.69) is 0 Å². The van der Waals surface area contributed by atoms with Gasteiger partial charge in [0.05, 0.1) is 11.7 Å². The van der Waals surface area contributed by atoms with Crippen LogP contribution in [0, 0.1) is 5.92 Å². The molecule has 0 saturated carbocycles. The van der Waals surface area contributed by atoms with Gasteiger partial charge < -0.3 is 9.84 Å². The molecule has 0 aliphatic carbocycles. The SMILES string of the molecule is CCC(O)C(C)C(CC)OC(=O)c1ccccc1. The number of carbonyl (C=O) groups is 1. The van der Waals surface area contributed by atoms with E-state index in [9.17, 15) is 9.90 Å². The van der Waals surface area contributed by atoms with E-state index in [1.54, 1.807) is 12.1 Å². The standard InChI is InChI=1S/C15H22O3/c1-4-13(16)11(3)14(5-2)18-15(17)12-9-7-6-8-10-12/h6-11,13-14,16H,4-5H2,1-3H3. The second-order valence-corrected chi connectivity index (χ2v) is 4.55. The molecule has 0 spiro atoms. The van der Waals surface area contributed by atoms with Crippen molar-refractivity contribution in [3.8, 4) is 0 Å². The van der Waals surface area contributed by atoms with Gasteiger partial charge in [0.2, 0.25) is 0 Å². The average Bonchev–Trinajstić information content (AvgIpc) is 2.43. The summed E-state index contributed by atoms with van der Waals surface area (Å²) < 4.78 is 5.47. The van der Waals surface area contributed by atoms with Crippen LogP contribution >= 0.6 is 0 Å². The fraction of sp³-hybridized carbons (Fsp3) is 0.533. The van der Waals surface area contributed by atoms with Crippen LogP contribution in [0.15, 0.2) is 30.3 Å². The summed E-state index contributed by atoms with van der Waals surface area (Å²) in [5.74, 6) is -0.370. The first kappa shape index (κ1) is 14.7. The number of hydrogen-bond acceptors (Lipinski definition) is 3. The lowest BCUT2D eigenvalue weighted by Crippen LogP contribution is -2.32. The Morgan fingerprint density at radius 1 is 1.22 bits per heavy atom. The summed E-state index contributed by atoms with van der Waals surface area (Å²) in [7, 11) is 0. The van der Waals surface area contributed by atoms with Crippen molar-refractivity contribution in [3.63, 3.8) is 0 Å². The monoisotopic (exact) mass is 250 g/mol. The summed E-state index contributed by atoms with van der Waals surface area (Å²) in [6.07, 6.45) is 0.698. The molecule has 1 rings (SSSR count). The lowest BCUT2D eigenvalue weighted by atomic mass is 9.94. The average molecular weight is 250 g/mol. The van der Waals surface area contributed by atoms with Crippen LogP contribution in [0.1, 0.15) is 44.0 Å². The predicted octanol–water partition coefficient (Wildman–Crippen LogP) is 3.03. The molecule has 0 amide bonds. The predicted molar refractivity (Wildman–Crippen MR) is 71.4 cm³/mol. The highest BCUT2D eigenvalue weighted by atomic mass is 16.5. The fourth-order valence-electron chi connectivity index (χ4n) is 1.96. The van der Waals surface area contributed by atoms with Crippen LogP contribution in [0.2, 0.25) is 0 Å². The lowest BCUT2D eigenvalue weighted by molar-refractivity contribution is -0.0153. The van der Waals surface area contributed by atoms with Crippen LogP contribution in [-0.2, 0) is 4.74 Å². The van der Waals surface area contributed by atoms with Crippen LogP contribution in [0.25, 0.3) is 0 Å². The fourth-order valence-corrected chi connectivity index (χ4v) is 1.96. The number of rotatable bonds is 6. The molecule has 0 aliphatic heterocycles. The molecular formula is C15H22O3. The summed E-state index contributed by atoms with van der Waals surface area (Å²) in [4.78, 5) is 11.9. The highest BCUT2D eigenvalue weighted by Crippen LogP contribution is 2.19. The Hall–Kier alpha value is -1.35. The second-order valence-electron chi connectivity index (χ2n) is 4.55. The van der Waals surface area contributed by atoms with Crippen LogP contribution in [0.5, 0.6) is 0 Å². The third kappa shape index (κ3) is 3.84. The minimum absolute atomic E-state index is 0.0485. The molecule has 0 heterocycles. The Morgan fingerprint density at radius 3 is 2.33 bits per heavy atom. The molecule has 0 fully saturated rings. The molecule has 3 heteroatoms. The molecule has 3 atom stereocenters. The minimum Gasteiger partial charge on any atom is -0.458 e. The normalized spacial score (nSPS) is 15.8. The Balaban J connectivity index is 2.66. The van der Waals surface area contributed by atoms with Gasteiger partial charge in [-0.05, 0) is 25.0 Å². The smallest absolute Gasteiger partial charge is 0.338 e. The van der Waals surface area contributed by atoms with Gasteiger partial charge in [-0.15, -0.1) is 0 Å². The van der Waals surface area contributed by atoms with Crippen molar-refractivity contribution in [1.82, 2.24) is 0 Å². The van der Waals surface area contributed by atoms with Gasteiger partial charge in [0.25, 0.3) is 0 Å². The highest BCUT2D eigenvalue weighted by Gasteiger charge is 2.25. The summed E-state index contributed by atoms with van der Waals surface area (Å²) >= 11 is 0. The third-order valence-electron chi connectivity index (χ3n) is 3.28. The van der Waals surface area contributed by atoms with Crippen molar-refractivity contribution in [2.75, 3.05) is 0 Å². The van der Waals surface area contributed by atoms with Crippen LogP contribution in [0.4, 0.5) is 0 Å². The molecule has 18 heavy (non-hydrogen) atoms. The van der Waals surface area contributed by atoms with Gasteiger partial charge in [-0.25, -0.2) is 4.79 Å². The van der Waals surface area contributed by atoms with Crippen molar-refractivity contribution in [2.45, 2.75) is 45.8 Å². The summed E-state index contributed by atoms with van der Waals surface area (Å²) in [5.41, 5.74) is 0.550. The van der Waals surface area contributed by atoms with Crippen LogP contribution in [0.3, 0.4) is 0 Å². The van der Waals surface area contributed by atoms with E-state index < -0.39 is 6.10 Å². The Bertz CT molecular complexity index is 361. The first-order valence-corrected chi connectivity index (χ1v) is 6.54. The Labute approximate surface area is 109 Å². The molecule has 1 aromatic rings. The van der Waals surface area contributed by atoms with Crippen molar-refractivity contribution in [3.05, 3.63) is 35.9 Å². The maximum atomic E-state index is 11.9. The molecular weight excluding hydrogens is 228 g/mol. The number of aliphatic hydroxyl groups excluding tert-OH is 1. The van der Waals surface area contributed by atoms with E-state index in [1.165, 1.54) is 0 Å². The summed E-state index contributed by atoms with van der Waals surface area (Å²) in [6.45, 7) is 5.80. The van der Waals surface area contributed by atoms with Gasteiger partial charge >= 0.3 is 5.97 Å². The van der Waals surface area contributed by atoms with E-state index in [4.69, 9.17) is 4.74 Å². The lowest BCUT2D eigenvalue weighted by Gasteiger charge is -2.26. The number of aliphatic hydroxyl groups is 1. The van der Waals surface area contributed by atoms with E-state index >= 15 is 0 Å². The molecule has 0 saturated heterocycles. The number of carbonyl (C=O) groups excluding carboxylic acids is 1. The largest absolute Gasteiger partial charge is 0.458 e. The van der Waals surface area contributed by atoms with Gasteiger partial charge in [0.1, 0.15) is 6.10 Å². The molecule has 1 aromatic carbocycles. The molecule has 3 unspecified atom stereocenters. The Morgan fingerprint density at radius 2 is 1.83 bits per heavy atom. The summed E-state index contributed by atoms with van der Waals surface area (Å²) in [6, 6.07) is 8.94. The van der Waals surface area contributed by atoms with Gasteiger partial charge in [0.15, 0.2) is 0 Å². The molecule has 0 aliphatic rings. The quantitative estimate of drug-likeness (QED) is 0.789. The number of benzene rings is 1. The molecule has 1 N–H and O–H groups in total. The maximum absolute atomic E-state index is 11.9. The minimum atomic E-state index is -0.432. The van der Waals surface area contributed by atoms with E-state index in [0.29, 0.717) is 18.4 Å². The maximum Gasteiger partial charge on any atom is 0.338 e. The first-order valence-electron chi connectivity index (χ1n) is 6.54. The van der Waals surface area contributed by atoms with Crippen molar-refractivity contribution < 1.29 is 14.6 Å². The van der Waals surface area contributed by atoms with E-state index in [0.717, 1.165) is 0 Å². The second kappa shape index (κ2) is 7.17. The zero-order valence-corrected chi connectivity index (χ0v) is 11.3. The molecule has 0 radical (unpaired) electrons. The highest BCUT2D eigenvalue weighted by molar-refractivity contribution is 5.89. The molecule has 3 nitrogen and oxygen atoms in total. The number of ether oxygens (including phenoxy) is 1. The third-order valence-corrected chi connectivity index (χ3v) is 3.28. The van der Waals surface area contributed by atoms with E-state index in [1.807, 2.05) is 39.0 Å². The summed E-state index contributed by atoms with van der Waals surface area (Å²) in [5, 5.41) is 9.82. The number of hydrogen-bond donors (Lipinski definition) is 1. The Kier molecular flexibility index (Phi) is 5.86. The van der Waals surface area contributed by atoms with Gasteiger partial charge in [0, 0.05) is 5.92 Å². The van der Waals surface area contributed by atoms with Crippen molar-refractivity contribution in [1.29, 1.82) is 0 Å². The van der Waals surface area contributed by atoms with Gasteiger partial charge in [-0.2, -0.15) is 0 Å². The van der Waals surface area contributed by atoms with Gasteiger partial charge in [-0.3, -0.25) is 0 Å². The van der Waals surface area contributed by atoms with E-state index in [-0.39, 0.29) is 18.0 Å². The van der Waals surface area contributed by atoms with Crippen molar-refractivity contribution in [2.24, 2.45) is 5.92 Å². The zero-order chi connectivity index (χ0) is 13.5. The molecule has 100 valence electrons. The number of esters is 1. The van der Waals surface area contributed by atoms with Crippen molar-refractivity contribution >= 4 is 5.97 Å². The first-order chi connectivity index (χ1) is 8.60. The molecule has 0 bridgehead atoms. The van der Waals surface area contributed by atoms with Crippen LogP contribution in [-0.4, -0.2) is 23.3 Å². The van der Waals surface area contributed by atoms with Crippen LogP contribution < -0.4 is 0 Å².